The minimum atomic E-state index is -0.544. The number of nitrogens with zero attached hydrogens (tertiary/aromatic N) is 5. The molecule has 0 aromatic carbocycles. The predicted octanol–water partition coefficient (Wildman–Crippen LogP) is 3.55. The van der Waals surface area contributed by atoms with Gasteiger partial charge in [0.15, 0.2) is 5.82 Å². The molecule has 9 nitrogen and oxygen atoms in total. The Morgan fingerprint density at radius 3 is 2.61 bits per heavy atom. The van der Waals surface area contributed by atoms with E-state index in [-0.39, 0.29) is 24.0 Å². The minimum Gasteiger partial charge on any atom is -0.444 e. The van der Waals surface area contributed by atoms with Crippen LogP contribution in [0.5, 0.6) is 0 Å². The van der Waals surface area contributed by atoms with Crippen molar-refractivity contribution in [2.24, 2.45) is 0 Å². The lowest BCUT2D eigenvalue weighted by Gasteiger charge is -2.28. The molecule has 0 spiro atoms. The van der Waals surface area contributed by atoms with Crippen molar-refractivity contribution in [3.8, 4) is 0 Å². The molecular formula is C22H32N6O3. The molecule has 0 saturated carbocycles. The second-order valence-electron chi connectivity index (χ2n) is 9.32. The molecule has 0 unspecified atom stereocenters. The first kappa shape index (κ1) is 22.7. The molecule has 3 heterocycles. The lowest BCUT2D eigenvalue weighted by atomic mass is 10.1. The van der Waals surface area contributed by atoms with Crippen LogP contribution in [0.1, 0.15) is 59.4 Å². The van der Waals surface area contributed by atoms with Gasteiger partial charge in [-0.1, -0.05) is 13.8 Å². The largest absolute Gasteiger partial charge is 0.444 e. The van der Waals surface area contributed by atoms with Gasteiger partial charge >= 0.3 is 6.09 Å². The van der Waals surface area contributed by atoms with Crippen LogP contribution in [0.2, 0.25) is 0 Å². The zero-order valence-electron chi connectivity index (χ0n) is 19.4. The van der Waals surface area contributed by atoms with Gasteiger partial charge in [-0.05, 0) is 44.7 Å². The summed E-state index contributed by atoms with van der Waals surface area (Å²) < 4.78 is 5.50. The van der Waals surface area contributed by atoms with E-state index in [9.17, 15) is 9.59 Å². The van der Waals surface area contributed by atoms with E-state index >= 15 is 0 Å². The summed E-state index contributed by atoms with van der Waals surface area (Å²) in [6.07, 6.45) is 2.28. The Labute approximate surface area is 183 Å². The number of rotatable bonds is 4. The molecule has 1 saturated heterocycles. The maximum absolute atomic E-state index is 12.5. The van der Waals surface area contributed by atoms with Crippen LogP contribution in [0, 0.1) is 0 Å². The molecule has 2 amide bonds. The van der Waals surface area contributed by atoms with Gasteiger partial charge < -0.3 is 14.5 Å². The molecule has 1 aliphatic rings. The third-order valence-electron chi connectivity index (χ3n) is 5.19. The van der Waals surface area contributed by atoms with E-state index in [0.29, 0.717) is 35.9 Å². The van der Waals surface area contributed by atoms with Crippen molar-refractivity contribution in [2.45, 2.75) is 65.5 Å². The molecule has 168 valence electrons. The van der Waals surface area contributed by atoms with Gasteiger partial charge in [-0.3, -0.25) is 15.1 Å². The third-order valence-corrected chi connectivity index (χ3v) is 5.19. The highest BCUT2D eigenvalue weighted by Gasteiger charge is 2.32. The van der Waals surface area contributed by atoms with Crippen LogP contribution >= 0.6 is 0 Å². The van der Waals surface area contributed by atoms with Crippen molar-refractivity contribution in [1.29, 1.82) is 0 Å². The molecule has 9 heteroatoms. The number of carbonyl (C=O) groups is 2. The Hall–Kier alpha value is -2.97. The van der Waals surface area contributed by atoms with E-state index in [1.54, 1.807) is 11.9 Å². The van der Waals surface area contributed by atoms with Crippen LogP contribution < -0.4 is 10.2 Å². The molecule has 0 aliphatic carbocycles. The number of hydrogen-bond acceptors (Lipinski definition) is 7. The summed E-state index contributed by atoms with van der Waals surface area (Å²) in [6, 6.07) is 1.98. The van der Waals surface area contributed by atoms with E-state index in [0.717, 1.165) is 12.0 Å². The molecule has 1 aliphatic heterocycles. The van der Waals surface area contributed by atoms with Crippen molar-refractivity contribution in [3.05, 3.63) is 17.8 Å². The number of nitrogens with one attached hydrogen (secondary N) is 1. The normalized spacial score (nSPS) is 16.6. The standard InChI is InChI=1S/C22H32N6O3/c1-13(2)15-10-17-18(23-11-15)19(26-20(25-17)24-14(3)29)28-9-8-16(12-28)27(7)21(30)31-22(4,5)6/h10-11,13,16H,8-9,12H2,1-7H3,(H,24,25,26,29)/t16-/m1/s1. The summed E-state index contributed by atoms with van der Waals surface area (Å²) in [7, 11) is 1.76. The fourth-order valence-corrected chi connectivity index (χ4v) is 3.50. The number of pyridine rings is 1. The summed E-state index contributed by atoms with van der Waals surface area (Å²) in [5, 5.41) is 2.69. The van der Waals surface area contributed by atoms with E-state index in [2.05, 4.69) is 39.0 Å². The highest BCUT2D eigenvalue weighted by atomic mass is 16.6. The summed E-state index contributed by atoms with van der Waals surface area (Å²) in [5.41, 5.74) is 1.88. The summed E-state index contributed by atoms with van der Waals surface area (Å²) in [5.74, 6) is 0.978. The first-order chi connectivity index (χ1) is 14.4. The number of fused-ring (bicyclic) bond motifs is 1. The zero-order valence-corrected chi connectivity index (χ0v) is 19.4. The van der Waals surface area contributed by atoms with Crippen LogP contribution in [0.15, 0.2) is 12.3 Å². The molecular weight excluding hydrogens is 396 g/mol. The molecule has 1 atom stereocenters. The van der Waals surface area contributed by atoms with Gasteiger partial charge in [0.25, 0.3) is 0 Å². The van der Waals surface area contributed by atoms with Gasteiger partial charge in [-0.15, -0.1) is 0 Å². The third kappa shape index (κ3) is 5.39. The second kappa shape index (κ2) is 8.64. The van der Waals surface area contributed by atoms with Gasteiger partial charge in [0.1, 0.15) is 11.1 Å². The number of anilines is 2. The smallest absolute Gasteiger partial charge is 0.410 e. The SMILES string of the molecule is CC(=O)Nc1nc(N2CC[C@@H](N(C)C(=O)OC(C)(C)C)C2)c2ncc(C(C)C)cc2n1. The molecule has 3 rings (SSSR count). The Morgan fingerprint density at radius 1 is 1.29 bits per heavy atom. The Bertz CT molecular complexity index is 985. The van der Waals surface area contributed by atoms with Crippen LogP contribution in [0.3, 0.4) is 0 Å². The molecule has 2 aromatic heterocycles. The van der Waals surface area contributed by atoms with Crippen LogP contribution in [0.25, 0.3) is 11.0 Å². The van der Waals surface area contributed by atoms with Crippen molar-refractivity contribution < 1.29 is 14.3 Å². The van der Waals surface area contributed by atoms with Gasteiger partial charge in [-0.25, -0.2) is 9.78 Å². The number of amides is 2. The van der Waals surface area contributed by atoms with Crippen molar-refractivity contribution >= 4 is 34.8 Å². The van der Waals surface area contributed by atoms with Gasteiger partial charge in [0.05, 0.1) is 11.6 Å². The van der Waals surface area contributed by atoms with Crippen LogP contribution in [-0.4, -0.2) is 63.6 Å². The van der Waals surface area contributed by atoms with Gasteiger partial charge in [-0.2, -0.15) is 4.98 Å². The highest BCUT2D eigenvalue weighted by Crippen LogP contribution is 2.30. The zero-order chi connectivity index (χ0) is 22.9. The van der Waals surface area contributed by atoms with Crippen LogP contribution in [0.4, 0.5) is 16.6 Å². The topological polar surface area (TPSA) is 101 Å². The predicted molar refractivity (Wildman–Crippen MR) is 120 cm³/mol. The number of ether oxygens (including phenoxy) is 1. The quantitative estimate of drug-likeness (QED) is 0.795. The molecule has 1 N–H and O–H groups in total. The number of likely N-dealkylation sites (N-methyl/N-ethyl adjacent to an activating group) is 1. The lowest BCUT2D eigenvalue weighted by molar-refractivity contribution is -0.114. The highest BCUT2D eigenvalue weighted by molar-refractivity contribution is 5.91. The first-order valence-electron chi connectivity index (χ1n) is 10.6. The van der Waals surface area contributed by atoms with E-state index in [1.807, 2.05) is 33.0 Å². The van der Waals surface area contributed by atoms with Crippen molar-refractivity contribution in [2.75, 3.05) is 30.4 Å². The van der Waals surface area contributed by atoms with E-state index < -0.39 is 5.60 Å². The summed E-state index contributed by atoms with van der Waals surface area (Å²) in [6.45, 7) is 12.5. The first-order valence-corrected chi connectivity index (χ1v) is 10.6. The fourth-order valence-electron chi connectivity index (χ4n) is 3.50. The average molecular weight is 429 g/mol. The molecule has 31 heavy (non-hydrogen) atoms. The lowest BCUT2D eigenvalue weighted by Crippen LogP contribution is -2.42. The number of aromatic nitrogens is 3. The van der Waals surface area contributed by atoms with Crippen LogP contribution in [-0.2, 0) is 9.53 Å². The fraction of sp³-hybridized carbons (Fsp3) is 0.591. The number of hydrogen-bond donors (Lipinski definition) is 1. The minimum absolute atomic E-state index is 0.0148. The van der Waals surface area contributed by atoms with E-state index in [1.165, 1.54) is 6.92 Å². The molecule has 0 radical (unpaired) electrons. The molecule has 2 aromatic rings. The molecule has 0 bridgehead atoms. The number of carbonyl (C=O) groups excluding carboxylic acids is 2. The maximum Gasteiger partial charge on any atom is 0.410 e. The Kier molecular flexibility index (Phi) is 6.33. The van der Waals surface area contributed by atoms with Crippen molar-refractivity contribution in [1.82, 2.24) is 19.9 Å². The maximum atomic E-state index is 12.5. The summed E-state index contributed by atoms with van der Waals surface area (Å²) >= 11 is 0. The molecule has 1 fully saturated rings. The monoisotopic (exact) mass is 428 g/mol. The Morgan fingerprint density at radius 2 is 2.00 bits per heavy atom. The van der Waals surface area contributed by atoms with Gasteiger partial charge in [0, 0.05) is 33.3 Å². The second-order valence-corrected chi connectivity index (χ2v) is 9.32. The van der Waals surface area contributed by atoms with Crippen molar-refractivity contribution in [3.63, 3.8) is 0 Å². The van der Waals surface area contributed by atoms with E-state index in [4.69, 9.17) is 4.74 Å². The summed E-state index contributed by atoms with van der Waals surface area (Å²) in [4.78, 5) is 41.5. The average Bonchev–Trinajstić information content (AvgIpc) is 3.14. The Balaban J connectivity index is 1.91. The van der Waals surface area contributed by atoms with Gasteiger partial charge in [0.2, 0.25) is 11.9 Å².